The Balaban J connectivity index is 1.62. The molecule has 1 unspecified atom stereocenters. The Morgan fingerprint density at radius 3 is 2.58 bits per heavy atom. The largest absolute Gasteiger partial charge is 0.343 e. The Labute approximate surface area is 144 Å². The van der Waals surface area contributed by atoms with Gasteiger partial charge in [-0.05, 0) is 63.0 Å². The molecule has 2 nitrogen and oxygen atoms in total. The molecule has 0 bridgehead atoms. The molecule has 0 amide bonds. The quantitative estimate of drug-likeness (QED) is 0.669. The number of ether oxygens (including phenoxy) is 2. The molecule has 1 fully saturated rings. The fourth-order valence-electron chi connectivity index (χ4n) is 3.52. The van der Waals surface area contributed by atoms with Gasteiger partial charge in [0, 0.05) is 5.56 Å². The summed E-state index contributed by atoms with van der Waals surface area (Å²) in [4.78, 5) is 0. The molecule has 1 heterocycles. The maximum atomic E-state index is 13.1. The van der Waals surface area contributed by atoms with E-state index in [1.165, 1.54) is 5.56 Å². The Morgan fingerprint density at radius 2 is 1.96 bits per heavy atom. The lowest BCUT2D eigenvalue weighted by molar-refractivity contribution is -0.244. The zero-order valence-corrected chi connectivity index (χ0v) is 14.5. The number of rotatable bonds is 5. The van der Waals surface area contributed by atoms with E-state index in [1.54, 1.807) is 6.08 Å². The molecule has 0 aromatic heterocycles. The summed E-state index contributed by atoms with van der Waals surface area (Å²) in [5.74, 6) is -0.0436. The number of hydrogen-bond acceptors (Lipinski definition) is 2. The molecule has 0 saturated carbocycles. The van der Waals surface area contributed by atoms with Crippen LogP contribution in [0.5, 0.6) is 0 Å². The van der Waals surface area contributed by atoms with E-state index >= 15 is 0 Å². The van der Waals surface area contributed by atoms with Crippen LogP contribution in [0.15, 0.2) is 48.3 Å². The summed E-state index contributed by atoms with van der Waals surface area (Å²) >= 11 is 0. The number of halogens is 1. The van der Waals surface area contributed by atoms with Gasteiger partial charge in [0.2, 0.25) is 5.79 Å². The number of hydrogen-bond donors (Lipinski definition) is 0. The van der Waals surface area contributed by atoms with Crippen molar-refractivity contribution >= 4 is 0 Å². The second-order valence-electron chi connectivity index (χ2n) is 6.74. The molecule has 1 atom stereocenters. The average molecular weight is 330 g/mol. The van der Waals surface area contributed by atoms with E-state index in [0.29, 0.717) is 12.3 Å². The highest BCUT2D eigenvalue weighted by atomic mass is 19.1. The lowest BCUT2D eigenvalue weighted by Crippen LogP contribution is -2.36. The van der Waals surface area contributed by atoms with Gasteiger partial charge in [-0.15, -0.1) is 0 Å². The summed E-state index contributed by atoms with van der Waals surface area (Å²) in [6.45, 7) is 3.43. The number of aryl methyl sites for hydroxylation is 1. The van der Waals surface area contributed by atoms with Gasteiger partial charge in [-0.2, -0.15) is 0 Å². The fraction of sp³-hybridized carbons (Fsp3) is 0.524. The van der Waals surface area contributed by atoms with Crippen LogP contribution in [-0.2, 0) is 21.7 Å². The van der Waals surface area contributed by atoms with Crippen molar-refractivity contribution in [1.29, 1.82) is 0 Å². The van der Waals surface area contributed by atoms with Crippen LogP contribution in [0, 0.1) is 5.92 Å². The van der Waals surface area contributed by atoms with E-state index in [4.69, 9.17) is 9.47 Å². The summed E-state index contributed by atoms with van der Waals surface area (Å²) in [6.07, 6.45) is 11.3. The van der Waals surface area contributed by atoms with Gasteiger partial charge < -0.3 is 9.47 Å². The first kappa shape index (κ1) is 17.4. The highest BCUT2D eigenvalue weighted by molar-refractivity contribution is 5.29. The van der Waals surface area contributed by atoms with Crippen molar-refractivity contribution < 1.29 is 13.9 Å². The Hall–Kier alpha value is -1.45. The van der Waals surface area contributed by atoms with E-state index < -0.39 is 5.79 Å². The van der Waals surface area contributed by atoms with Gasteiger partial charge in [0.25, 0.3) is 0 Å². The number of benzene rings is 1. The summed E-state index contributed by atoms with van der Waals surface area (Å²) in [6, 6.07) is 8.56. The second-order valence-corrected chi connectivity index (χ2v) is 6.74. The van der Waals surface area contributed by atoms with E-state index in [1.807, 2.05) is 19.1 Å². The lowest BCUT2D eigenvalue weighted by Gasteiger charge is -2.35. The second kappa shape index (κ2) is 8.09. The van der Waals surface area contributed by atoms with Gasteiger partial charge in [0.1, 0.15) is 0 Å². The molecule has 1 saturated heterocycles. The van der Waals surface area contributed by atoms with E-state index in [9.17, 15) is 4.39 Å². The zero-order valence-electron chi connectivity index (χ0n) is 14.5. The molecular formula is C21H27FO2. The fourth-order valence-corrected chi connectivity index (χ4v) is 3.52. The highest BCUT2D eigenvalue weighted by Crippen LogP contribution is 2.33. The molecule has 0 N–H and O–H groups in total. The number of allylic oxidation sites excluding steroid dienone is 3. The Bertz CT molecular complexity index is 582. The minimum Gasteiger partial charge on any atom is -0.343 e. The monoisotopic (exact) mass is 330 g/mol. The smallest absolute Gasteiger partial charge is 0.215 e. The molecule has 3 rings (SSSR count). The van der Waals surface area contributed by atoms with Crippen LogP contribution in [0.1, 0.15) is 50.2 Å². The molecule has 24 heavy (non-hydrogen) atoms. The van der Waals surface area contributed by atoms with Gasteiger partial charge >= 0.3 is 0 Å². The van der Waals surface area contributed by atoms with Crippen molar-refractivity contribution in [1.82, 2.24) is 0 Å². The summed E-state index contributed by atoms with van der Waals surface area (Å²) in [7, 11) is 0. The van der Waals surface area contributed by atoms with Crippen LogP contribution in [0.3, 0.4) is 0 Å². The SMILES string of the molecule is CC=CC1(c2ccc(CCC3CC=C(F)CC3)cc2)OCCCO1. The minimum absolute atomic E-state index is 0.0670. The van der Waals surface area contributed by atoms with Gasteiger partial charge in [0.05, 0.1) is 19.0 Å². The summed E-state index contributed by atoms with van der Waals surface area (Å²) in [5, 5.41) is 0. The maximum absolute atomic E-state index is 13.1. The Kier molecular flexibility index (Phi) is 5.85. The molecule has 2 aliphatic rings. The average Bonchev–Trinajstić information content (AvgIpc) is 2.63. The predicted octanol–water partition coefficient (Wildman–Crippen LogP) is 5.44. The standard InChI is InChI=1S/C21H27FO2/c1-2-14-21(23-15-3-16-24-21)19-10-6-17(7-11-19)4-5-18-8-12-20(22)13-9-18/h2,6-7,10-12,14,18H,3-5,8-9,13,15-16H2,1H3. The molecule has 3 heteroatoms. The third kappa shape index (κ3) is 4.14. The van der Waals surface area contributed by atoms with Crippen LogP contribution in [-0.4, -0.2) is 13.2 Å². The van der Waals surface area contributed by atoms with Crippen molar-refractivity contribution in [3.8, 4) is 0 Å². The first-order chi connectivity index (χ1) is 11.7. The minimum atomic E-state index is -0.725. The van der Waals surface area contributed by atoms with Gasteiger partial charge in [0.15, 0.2) is 0 Å². The summed E-state index contributed by atoms with van der Waals surface area (Å²) < 4.78 is 25.0. The van der Waals surface area contributed by atoms with Crippen molar-refractivity contribution in [3.63, 3.8) is 0 Å². The highest BCUT2D eigenvalue weighted by Gasteiger charge is 2.33. The van der Waals surface area contributed by atoms with Crippen LogP contribution in [0.25, 0.3) is 0 Å². The van der Waals surface area contributed by atoms with Crippen molar-refractivity contribution in [2.45, 2.75) is 51.2 Å². The van der Waals surface area contributed by atoms with Crippen LogP contribution in [0.2, 0.25) is 0 Å². The molecule has 1 aromatic carbocycles. The maximum Gasteiger partial charge on any atom is 0.215 e. The van der Waals surface area contributed by atoms with Crippen LogP contribution < -0.4 is 0 Å². The molecule has 130 valence electrons. The molecule has 1 aliphatic carbocycles. The first-order valence-electron chi connectivity index (χ1n) is 9.07. The van der Waals surface area contributed by atoms with Crippen molar-refractivity contribution in [3.05, 3.63) is 59.4 Å². The zero-order chi connectivity index (χ0) is 16.8. The van der Waals surface area contributed by atoms with Crippen LogP contribution in [0.4, 0.5) is 4.39 Å². The molecule has 1 aliphatic heterocycles. The van der Waals surface area contributed by atoms with Crippen molar-refractivity contribution in [2.24, 2.45) is 5.92 Å². The predicted molar refractivity (Wildman–Crippen MR) is 94.3 cm³/mol. The van der Waals surface area contributed by atoms with Gasteiger partial charge in [-0.3, -0.25) is 0 Å². The van der Waals surface area contributed by atoms with Crippen molar-refractivity contribution in [2.75, 3.05) is 13.2 Å². The van der Waals surface area contributed by atoms with Crippen LogP contribution >= 0.6 is 0 Å². The van der Waals surface area contributed by atoms with E-state index in [0.717, 1.165) is 50.9 Å². The van der Waals surface area contributed by atoms with Gasteiger partial charge in [-0.25, -0.2) is 4.39 Å². The topological polar surface area (TPSA) is 18.5 Å². The molecule has 0 spiro atoms. The molecular weight excluding hydrogens is 303 g/mol. The first-order valence-corrected chi connectivity index (χ1v) is 9.07. The normalized spacial score (nSPS) is 24.1. The third-order valence-corrected chi connectivity index (χ3v) is 4.97. The third-order valence-electron chi connectivity index (χ3n) is 4.97. The molecule has 1 aromatic rings. The lowest BCUT2D eigenvalue weighted by atomic mass is 9.88. The van der Waals surface area contributed by atoms with E-state index in [-0.39, 0.29) is 5.83 Å². The Morgan fingerprint density at radius 1 is 1.21 bits per heavy atom. The molecule has 0 radical (unpaired) electrons. The summed E-state index contributed by atoms with van der Waals surface area (Å²) in [5.41, 5.74) is 2.37. The van der Waals surface area contributed by atoms with Gasteiger partial charge in [-0.1, -0.05) is 36.4 Å². The van der Waals surface area contributed by atoms with E-state index in [2.05, 4.69) is 24.3 Å².